The Hall–Kier alpha value is -5.05. The van der Waals surface area contributed by atoms with Gasteiger partial charge in [-0.2, -0.15) is 0 Å². The molecule has 5 rings (SSSR count). The number of benzene rings is 3. The summed E-state index contributed by atoms with van der Waals surface area (Å²) in [4.78, 5) is 20.6. The molecule has 0 radical (unpaired) electrons. The Morgan fingerprint density at radius 1 is 0.919 bits per heavy atom. The number of aryl methyl sites for hydroxylation is 1. The summed E-state index contributed by atoms with van der Waals surface area (Å²) in [6.07, 6.45) is 5.52. The average molecular weight is 496 g/mol. The number of rotatable bonds is 8. The largest absolute Gasteiger partial charge is 0.493 e. The summed E-state index contributed by atoms with van der Waals surface area (Å²) < 4.78 is 12.7. The zero-order valence-electron chi connectivity index (χ0n) is 20.5. The van der Waals surface area contributed by atoms with E-state index in [0.717, 1.165) is 28.3 Å². The second kappa shape index (κ2) is 9.90. The van der Waals surface area contributed by atoms with Crippen LogP contribution >= 0.6 is 0 Å². The van der Waals surface area contributed by atoms with Gasteiger partial charge in [0.05, 0.1) is 25.5 Å². The van der Waals surface area contributed by atoms with Crippen molar-refractivity contribution in [2.24, 2.45) is 0 Å². The molecule has 186 valence electrons. The van der Waals surface area contributed by atoms with E-state index in [1.54, 1.807) is 39.5 Å². The minimum Gasteiger partial charge on any atom is -0.493 e. The molecule has 37 heavy (non-hydrogen) atoms. The van der Waals surface area contributed by atoms with Crippen LogP contribution in [0.4, 0.5) is 22.9 Å². The molecule has 0 saturated heterocycles. The monoisotopic (exact) mass is 495 g/mol. The van der Waals surface area contributed by atoms with E-state index in [-0.39, 0.29) is 5.56 Å². The minimum absolute atomic E-state index is 0.284. The fourth-order valence-electron chi connectivity index (χ4n) is 4.11. The summed E-state index contributed by atoms with van der Waals surface area (Å²) in [5.41, 5.74) is 5.72. The van der Waals surface area contributed by atoms with Gasteiger partial charge in [-0.15, -0.1) is 0 Å². The number of ether oxygens (including phenoxy) is 2. The van der Waals surface area contributed by atoms with Crippen LogP contribution in [-0.4, -0.2) is 39.7 Å². The molecule has 0 aliphatic carbocycles. The van der Waals surface area contributed by atoms with Crippen molar-refractivity contribution in [1.82, 2.24) is 14.4 Å². The lowest BCUT2D eigenvalue weighted by molar-refractivity contribution is 0.0696. The maximum Gasteiger partial charge on any atom is 0.335 e. The molecule has 0 amide bonds. The molecule has 2 heterocycles. The van der Waals surface area contributed by atoms with Crippen molar-refractivity contribution in [1.29, 1.82) is 0 Å². The van der Waals surface area contributed by atoms with E-state index in [9.17, 15) is 9.90 Å². The summed E-state index contributed by atoms with van der Waals surface area (Å²) >= 11 is 0. The molecule has 9 nitrogen and oxygen atoms in total. The molecule has 3 aromatic carbocycles. The lowest BCUT2D eigenvalue weighted by Gasteiger charge is -2.13. The van der Waals surface area contributed by atoms with Gasteiger partial charge in [0.2, 0.25) is 0 Å². The average Bonchev–Trinajstić information content (AvgIpc) is 3.38. The molecule has 0 unspecified atom stereocenters. The Morgan fingerprint density at radius 3 is 2.43 bits per heavy atom. The van der Waals surface area contributed by atoms with Crippen molar-refractivity contribution in [3.05, 3.63) is 90.4 Å². The van der Waals surface area contributed by atoms with Crippen LogP contribution in [0.15, 0.2) is 79.3 Å². The number of aromatic carboxylic acids is 1. The summed E-state index contributed by atoms with van der Waals surface area (Å²) in [6.45, 7) is 1.78. The lowest BCUT2D eigenvalue weighted by atomic mass is 10.1. The number of hydrogen-bond acceptors (Lipinski definition) is 7. The molecule has 9 heteroatoms. The highest BCUT2D eigenvalue weighted by Gasteiger charge is 2.13. The number of aromatic nitrogens is 3. The van der Waals surface area contributed by atoms with E-state index >= 15 is 0 Å². The first kappa shape index (κ1) is 23.7. The van der Waals surface area contributed by atoms with Gasteiger partial charge >= 0.3 is 5.97 Å². The predicted molar refractivity (Wildman–Crippen MR) is 143 cm³/mol. The molecule has 0 aliphatic heterocycles. The molecule has 2 aromatic heterocycles. The Labute approximate surface area is 213 Å². The summed E-state index contributed by atoms with van der Waals surface area (Å²) in [5, 5.41) is 16.0. The van der Waals surface area contributed by atoms with Crippen LogP contribution in [0.1, 0.15) is 15.9 Å². The van der Waals surface area contributed by atoms with Crippen LogP contribution < -0.4 is 20.1 Å². The fourth-order valence-corrected chi connectivity index (χ4v) is 4.11. The highest BCUT2D eigenvalue weighted by Crippen LogP contribution is 2.32. The second-order valence-corrected chi connectivity index (χ2v) is 8.37. The van der Waals surface area contributed by atoms with E-state index < -0.39 is 5.97 Å². The van der Waals surface area contributed by atoms with Crippen LogP contribution in [0.5, 0.6) is 11.5 Å². The van der Waals surface area contributed by atoms with Crippen LogP contribution in [0.3, 0.4) is 0 Å². The number of nitrogens with one attached hydrogen (secondary N) is 2. The quantitative estimate of drug-likeness (QED) is 0.244. The summed E-state index contributed by atoms with van der Waals surface area (Å²) in [7, 11) is 3.19. The third-order valence-electron chi connectivity index (χ3n) is 5.92. The van der Waals surface area contributed by atoms with Crippen LogP contribution in [0.25, 0.3) is 16.9 Å². The normalized spacial score (nSPS) is 10.8. The van der Waals surface area contributed by atoms with Crippen molar-refractivity contribution < 1.29 is 19.4 Å². The molecule has 0 spiro atoms. The van der Waals surface area contributed by atoms with Crippen molar-refractivity contribution in [2.75, 3.05) is 24.9 Å². The molecule has 3 N–H and O–H groups in total. The van der Waals surface area contributed by atoms with E-state index in [1.165, 1.54) is 0 Å². The molecular formula is C28H25N5O4. The maximum atomic E-state index is 11.3. The van der Waals surface area contributed by atoms with Crippen molar-refractivity contribution in [3.63, 3.8) is 0 Å². The van der Waals surface area contributed by atoms with Gasteiger partial charge in [-0.05, 0) is 55.0 Å². The van der Waals surface area contributed by atoms with Gasteiger partial charge in [0.15, 0.2) is 23.0 Å². The molecule has 0 aliphatic rings. The maximum absolute atomic E-state index is 11.3. The first-order chi connectivity index (χ1) is 17.9. The number of imidazole rings is 1. The van der Waals surface area contributed by atoms with Gasteiger partial charge in [-0.3, -0.25) is 0 Å². The van der Waals surface area contributed by atoms with Crippen LogP contribution in [-0.2, 0) is 0 Å². The first-order valence-corrected chi connectivity index (χ1v) is 11.5. The van der Waals surface area contributed by atoms with E-state index in [0.29, 0.717) is 28.5 Å². The van der Waals surface area contributed by atoms with Gasteiger partial charge in [0.1, 0.15) is 0 Å². The Kier molecular flexibility index (Phi) is 6.34. The zero-order valence-corrected chi connectivity index (χ0v) is 20.5. The lowest BCUT2D eigenvalue weighted by Crippen LogP contribution is -2.01. The summed E-state index contributed by atoms with van der Waals surface area (Å²) in [6, 6.07) is 18.6. The van der Waals surface area contributed by atoms with Crippen LogP contribution in [0.2, 0.25) is 0 Å². The predicted octanol–water partition coefficient (Wildman–Crippen LogP) is 5.91. The zero-order chi connectivity index (χ0) is 25.9. The van der Waals surface area contributed by atoms with E-state index in [2.05, 4.69) is 15.6 Å². The highest BCUT2D eigenvalue weighted by molar-refractivity contribution is 5.90. The van der Waals surface area contributed by atoms with Gasteiger partial charge < -0.3 is 29.6 Å². The second-order valence-electron chi connectivity index (χ2n) is 8.37. The molecule has 0 bridgehead atoms. The number of hydrogen-bond donors (Lipinski definition) is 3. The molecule has 0 saturated carbocycles. The van der Waals surface area contributed by atoms with Crippen molar-refractivity contribution >= 4 is 34.5 Å². The molecule has 0 fully saturated rings. The van der Waals surface area contributed by atoms with Crippen LogP contribution in [0, 0.1) is 6.92 Å². The van der Waals surface area contributed by atoms with E-state index in [1.807, 2.05) is 65.3 Å². The first-order valence-electron chi connectivity index (χ1n) is 11.5. The molecule has 5 aromatic rings. The molecule has 0 atom stereocenters. The molecular weight excluding hydrogens is 470 g/mol. The Bertz CT molecular complexity index is 1610. The standard InChI is InChI=1S/C28H25N5O4/c1-17-13-20(7-9-22(17)28(34)35)30-19-6-4-5-18(14-19)23-16-33-12-11-29-27(33)26(32-23)31-21-8-10-24(36-2)25(15-21)37-3/h4-16,30H,1-3H3,(H,31,32)(H,34,35). The van der Waals surface area contributed by atoms with Gasteiger partial charge in [0.25, 0.3) is 0 Å². The van der Waals surface area contributed by atoms with Gasteiger partial charge in [-0.1, -0.05) is 12.1 Å². The number of fused-ring (bicyclic) bond motifs is 1. The highest BCUT2D eigenvalue weighted by atomic mass is 16.5. The van der Waals surface area contributed by atoms with Crippen molar-refractivity contribution in [3.8, 4) is 22.8 Å². The smallest absolute Gasteiger partial charge is 0.335 e. The SMILES string of the molecule is COc1ccc(Nc2nc(-c3cccc(Nc4ccc(C(=O)O)c(C)c4)c3)cn3ccnc23)cc1OC. The Balaban J connectivity index is 1.47. The number of carboxylic acids is 1. The number of methoxy groups -OCH3 is 2. The van der Waals surface area contributed by atoms with Crippen molar-refractivity contribution in [2.45, 2.75) is 6.92 Å². The number of carbonyl (C=O) groups is 1. The third-order valence-corrected chi connectivity index (χ3v) is 5.92. The number of carboxylic acid groups (broad SMARTS) is 1. The third kappa shape index (κ3) is 4.87. The van der Waals surface area contributed by atoms with Gasteiger partial charge in [0, 0.05) is 47.3 Å². The summed E-state index contributed by atoms with van der Waals surface area (Å²) in [5.74, 6) is 0.892. The fraction of sp³-hybridized carbons (Fsp3) is 0.107. The minimum atomic E-state index is -0.940. The van der Waals surface area contributed by atoms with Gasteiger partial charge in [-0.25, -0.2) is 14.8 Å². The number of anilines is 4. The number of nitrogens with zero attached hydrogens (tertiary/aromatic N) is 3. The van der Waals surface area contributed by atoms with E-state index in [4.69, 9.17) is 14.5 Å². The Morgan fingerprint density at radius 2 is 1.68 bits per heavy atom. The topological polar surface area (TPSA) is 110 Å².